The van der Waals surface area contributed by atoms with Gasteiger partial charge in [-0.05, 0) is 49.6 Å². The maximum absolute atomic E-state index is 13.3. The van der Waals surface area contributed by atoms with E-state index in [1.807, 2.05) is 37.4 Å². The van der Waals surface area contributed by atoms with Crippen molar-refractivity contribution in [3.05, 3.63) is 65.2 Å². The lowest BCUT2D eigenvalue weighted by atomic mass is 9.96. The lowest BCUT2D eigenvalue weighted by Crippen LogP contribution is -2.47. The van der Waals surface area contributed by atoms with Crippen LogP contribution < -0.4 is 5.32 Å². The standard InChI is InChI=1S/C24H33N3O3S/c1-18(2)16-22(20-8-6-5-7-9-20)25-24(28)21-11-10-19(3)23(17-21)31(29,30)27-14-12-26(4)13-15-27/h5-11,17-18,22H,12-16H2,1-4H3,(H,25,28)/t22-/m0/s1. The molecular weight excluding hydrogens is 410 g/mol. The summed E-state index contributed by atoms with van der Waals surface area (Å²) in [5, 5.41) is 3.11. The van der Waals surface area contributed by atoms with Crippen molar-refractivity contribution >= 4 is 15.9 Å². The van der Waals surface area contributed by atoms with Crippen LogP contribution in [-0.4, -0.2) is 56.8 Å². The van der Waals surface area contributed by atoms with E-state index in [2.05, 4.69) is 24.1 Å². The molecule has 3 rings (SSSR count). The molecule has 2 aromatic rings. The average Bonchev–Trinajstić information content (AvgIpc) is 2.74. The van der Waals surface area contributed by atoms with Crippen LogP contribution in [0.15, 0.2) is 53.4 Å². The van der Waals surface area contributed by atoms with Gasteiger partial charge in [-0.2, -0.15) is 4.31 Å². The SMILES string of the molecule is Cc1ccc(C(=O)N[C@@H](CC(C)C)c2ccccc2)cc1S(=O)(=O)N1CCN(C)CC1. The zero-order valence-electron chi connectivity index (χ0n) is 18.8. The molecule has 1 aliphatic heterocycles. The third-order valence-electron chi connectivity index (χ3n) is 5.74. The van der Waals surface area contributed by atoms with Crippen molar-refractivity contribution in [2.24, 2.45) is 5.92 Å². The first kappa shape index (κ1) is 23.4. The molecule has 6 nitrogen and oxygen atoms in total. The molecule has 1 aliphatic rings. The number of rotatable bonds is 7. The van der Waals surface area contributed by atoms with Crippen molar-refractivity contribution < 1.29 is 13.2 Å². The number of aryl methyl sites for hydroxylation is 1. The highest BCUT2D eigenvalue weighted by molar-refractivity contribution is 7.89. The Hall–Kier alpha value is -2.22. The first-order valence-electron chi connectivity index (χ1n) is 10.8. The number of piperazine rings is 1. The maximum Gasteiger partial charge on any atom is 0.251 e. The minimum Gasteiger partial charge on any atom is -0.345 e. The Morgan fingerprint density at radius 1 is 1.03 bits per heavy atom. The van der Waals surface area contributed by atoms with Gasteiger partial charge in [0.15, 0.2) is 0 Å². The summed E-state index contributed by atoms with van der Waals surface area (Å²) >= 11 is 0. The van der Waals surface area contributed by atoms with Gasteiger partial charge in [-0.25, -0.2) is 8.42 Å². The molecule has 1 heterocycles. The number of likely N-dealkylation sites (N-methyl/N-ethyl adjacent to an activating group) is 1. The van der Waals surface area contributed by atoms with Crippen LogP contribution in [-0.2, 0) is 10.0 Å². The van der Waals surface area contributed by atoms with Crippen LogP contribution in [0.3, 0.4) is 0 Å². The van der Waals surface area contributed by atoms with Gasteiger partial charge in [0, 0.05) is 31.7 Å². The Balaban J connectivity index is 1.85. The smallest absolute Gasteiger partial charge is 0.251 e. The zero-order chi connectivity index (χ0) is 22.6. The Morgan fingerprint density at radius 2 is 1.68 bits per heavy atom. The quantitative estimate of drug-likeness (QED) is 0.712. The Bertz CT molecular complexity index is 998. The van der Waals surface area contributed by atoms with Gasteiger partial charge >= 0.3 is 0 Å². The van der Waals surface area contributed by atoms with Crippen LogP contribution in [0.4, 0.5) is 0 Å². The monoisotopic (exact) mass is 443 g/mol. The summed E-state index contributed by atoms with van der Waals surface area (Å²) in [6.07, 6.45) is 0.800. The molecule has 0 aromatic heterocycles. The highest BCUT2D eigenvalue weighted by Crippen LogP contribution is 2.25. The number of hydrogen-bond acceptors (Lipinski definition) is 4. The largest absolute Gasteiger partial charge is 0.345 e. The summed E-state index contributed by atoms with van der Waals surface area (Å²) in [5.74, 6) is 0.140. The van der Waals surface area contributed by atoms with Gasteiger partial charge in [0.25, 0.3) is 5.91 Å². The number of hydrogen-bond donors (Lipinski definition) is 1. The van der Waals surface area contributed by atoms with E-state index in [1.165, 1.54) is 10.4 Å². The molecule has 0 spiro atoms. The van der Waals surface area contributed by atoms with Crippen molar-refractivity contribution in [2.75, 3.05) is 33.2 Å². The van der Waals surface area contributed by atoms with Crippen LogP contribution in [0.1, 0.15) is 47.8 Å². The zero-order valence-corrected chi connectivity index (χ0v) is 19.7. The number of nitrogens with zero attached hydrogens (tertiary/aromatic N) is 2. The molecule has 0 unspecified atom stereocenters. The van der Waals surface area contributed by atoms with E-state index in [0.29, 0.717) is 43.2 Å². The molecule has 1 amide bonds. The predicted octanol–water partition coefficient (Wildman–Crippen LogP) is 3.45. The van der Waals surface area contributed by atoms with Gasteiger partial charge in [0.2, 0.25) is 10.0 Å². The lowest BCUT2D eigenvalue weighted by molar-refractivity contribution is 0.0931. The van der Waals surface area contributed by atoms with E-state index in [4.69, 9.17) is 0 Å². The second kappa shape index (κ2) is 9.94. The second-order valence-electron chi connectivity index (χ2n) is 8.75. The first-order chi connectivity index (χ1) is 14.7. The van der Waals surface area contributed by atoms with Gasteiger partial charge in [-0.3, -0.25) is 4.79 Å². The minimum absolute atomic E-state index is 0.132. The van der Waals surface area contributed by atoms with E-state index in [1.54, 1.807) is 19.1 Å². The number of carbonyl (C=O) groups excluding carboxylic acids is 1. The van der Waals surface area contributed by atoms with Crippen molar-refractivity contribution in [3.63, 3.8) is 0 Å². The average molecular weight is 444 g/mol. The molecular formula is C24H33N3O3S. The predicted molar refractivity (Wildman–Crippen MR) is 124 cm³/mol. The normalized spacial score (nSPS) is 16.9. The van der Waals surface area contributed by atoms with Crippen molar-refractivity contribution in [3.8, 4) is 0 Å². The topological polar surface area (TPSA) is 69.7 Å². The summed E-state index contributed by atoms with van der Waals surface area (Å²) in [7, 11) is -1.66. The summed E-state index contributed by atoms with van der Waals surface area (Å²) in [4.78, 5) is 15.4. The van der Waals surface area contributed by atoms with Gasteiger partial charge in [-0.1, -0.05) is 50.2 Å². The van der Waals surface area contributed by atoms with Gasteiger partial charge < -0.3 is 10.2 Å². The number of amides is 1. The molecule has 2 aromatic carbocycles. The second-order valence-corrected chi connectivity index (χ2v) is 10.7. The molecule has 1 atom stereocenters. The maximum atomic E-state index is 13.3. The summed E-state index contributed by atoms with van der Waals surface area (Å²) in [6, 6.07) is 14.7. The van der Waals surface area contributed by atoms with Crippen LogP contribution in [0.5, 0.6) is 0 Å². The van der Waals surface area contributed by atoms with Crippen LogP contribution in [0.2, 0.25) is 0 Å². The van der Waals surface area contributed by atoms with Crippen molar-refractivity contribution in [1.82, 2.24) is 14.5 Å². The summed E-state index contributed by atoms with van der Waals surface area (Å²) in [5.41, 5.74) is 2.06. The molecule has 168 valence electrons. The fourth-order valence-electron chi connectivity index (χ4n) is 3.86. The molecule has 0 saturated carbocycles. The molecule has 0 aliphatic carbocycles. The Morgan fingerprint density at radius 3 is 2.29 bits per heavy atom. The van der Waals surface area contributed by atoms with Crippen LogP contribution in [0, 0.1) is 12.8 Å². The molecule has 1 N–H and O–H groups in total. The van der Waals surface area contributed by atoms with E-state index < -0.39 is 10.0 Å². The Labute approximate surface area is 186 Å². The number of nitrogens with one attached hydrogen (secondary N) is 1. The van der Waals surface area contributed by atoms with E-state index in [0.717, 1.165) is 12.0 Å². The van der Waals surface area contributed by atoms with E-state index in [9.17, 15) is 13.2 Å². The van der Waals surface area contributed by atoms with Gasteiger partial charge in [-0.15, -0.1) is 0 Å². The third-order valence-corrected chi connectivity index (χ3v) is 7.79. The molecule has 7 heteroatoms. The van der Waals surface area contributed by atoms with Crippen LogP contribution >= 0.6 is 0 Å². The molecule has 1 fully saturated rings. The number of carbonyl (C=O) groups is 1. The fraction of sp³-hybridized carbons (Fsp3) is 0.458. The molecule has 1 saturated heterocycles. The Kier molecular flexibility index (Phi) is 7.51. The highest BCUT2D eigenvalue weighted by atomic mass is 32.2. The highest BCUT2D eigenvalue weighted by Gasteiger charge is 2.29. The van der Waals surface area contributed by atoms with Crippen LogP contribution in [0.25, 0.3) is 0 Å². The third kappa shape index (κ3) is 5.73. The number of benzene rings is 2. The fourth-order valence-corrected chi connectivity index (χ4v) is 5.54. The molecule has 0 bridgehead atoms. The van der Waals surface area contributed by atoms with Crippen molar-refractivity contribution in [1.29, 1.82) is 0 Å². The lowest BCUT2D eigenvalue weighted by Gasteiger charge is -2.32. The summed E-state index contributed by atoms with van der Waals surface area (Å²) < 4.78 is 28.0. The molecule has 0 radical (unpaired) electrons. The van der Waals surface area contributed by atoms with Crippen molar-refractivity contribution in [2.45, 2.75) is 38.1 Å². The minimum atomic E-state index is -3.65. The van der Waals surface area contributed by atoms with E-state index in [-0.39, 0.29) is 16.8 Å². The summed E-state index contributed by atoms with van der Waals surface area (Å²) in [6.45, 7) is 8.33. The first-order valence-corrected chi connectivity index (χ1v) is 12.3. The number of sulfonamides is 1. The van der Waals surface area contributed by atoms with Gasteiger partial charge in [0.1, 0.15) is 0 Å². The van der Waals surface area contributed by atoms with E-state index >= 15 is 0 Å². The van der Waals surface area contributed by atoms with Gasteiger partial charge in [0.05, 0.1) is 10.9 Å². The molecule has 31 heavy (non-hydrogen) atoms.